The lowest BCUT2D eigenvalue weighted by Gasteiger charge is -2.33. The molecule has 1 aliphatic carbocycles. The highest BCUT2D eigenvalue weighted by molar-refractivity contribution is 7.99. The van der Waals surface area contributed by atoms with Crippen molar-refractivity contribution in [3.8, 4) is 0 Å². The van der Waals surface area contributed by atoms with Crippen LogP contribution in [0.25, 0.3) is 0 Å². The minimum absolute atomic E-state index is 0.0395. The number of aryl methyl sites for hydroxylation is 1. The van der Waals surface area contributed by atoms with Gasteiger partial charge in [0, 0.05) is 30.7 Å². The van der Waals surface area contributed by atoms with Crippen molar-refractivity contribution in [2.45, 2.75) is 36.4 Å². The molecule has 5 heteroatoms. The van der Waals surface area contributed by atoms with Crippen LogP contribution in [-0.2, 0) is 7.05 Å². The molecule has 4 nitrogen and oxygen atoms in total. The van der Waals surface area contributed by atoms with E-state index in [9.17, 15) is 5.11 Å². The molecule has 2 unspecified atom stereocenters. The minimum atomic E-state index is -0.0395. The zero-order valence-corrected chi connectivity index (χ0v) is 12.0. The highest BCUT2D eigenvalue weighted by Crippen LogP contribution is 2.38. The van der Waals surface area contributed by atoms with Gasteiger partial charge in [0.2, 0.25) is 0 Å². The third kappa shape index (κ3) is 2.73. The zero-order chi connectivity index (χ0) is 13.0. The summed E-state index contributed by atoms with van der Waals surface area (Å²) in [5.41, 5.74) is -0.0395. The lowest BCUT2D eigenvalue weighted by Crippen LogP contribution is -2.49. The second-order valence-electron chi connectivity index (χ2n) is 5.11. The van der Waals surface area contributed by atoms with Crippen molar-refractivity contribution in [3.63, 3.8) is 0 Å². The van der Waals surface area contributed by atoms with Gasteiger partial charge in [-0.05, 0) is 32.2 Å². The minimum Gasteiger partial charge on any atom is -0.394 e. The van der Waals surface area contributed by atoms with E-state index in [0.717, 1.165) is 23.8 Å². The fourth-order valence-corrected chi connectivity index (χ4v) is 3.95. The maximum absolute atomic E-state index is 9.63. The first kappa shape index (κ1) is 13.9. The number of nitrogens with one attached hydrogen (secondary N) is 1. The molecule has 1 heterocycles. The van der Waals surface area contributed by atoms with E-state index in [-0.39, 0.29) is 12.1 Å². The van der Waals surface area contributed by atoms with Gasteiger partial charge in [-0.15, -0.1) is 0 Å². The predicted octanol–water partition coefficient (Wildman–Crippen LogP) is 1.65. The van der Waals surface area contributed by atoms with Crippen molar-refractivity contribution in [2.24, 2.45) is 13.0 Å². The summed E-state index contributed by atoms with van der Waals surface area (Å²) in [7, 11) is 4.00. The molecule has 102 valence electrons. The Morgan fingerprint density at radius 1 is 1.67 bits per heavy atom. The van der Waals surface area contributed by atoms with E-state index in [4.69, 9.17) is 0 Å². The van der Waals surface area contributed by atoms with Crippen molar-refractivity contribution < 1.29 is 5.11 Å². The van der Waals surface area contributed by atoms with Crippen molar-refractivity contribution in [2.75, 3.05) is 19.4 Å². The lowest BCUT2D eigenvalue weighted by atomic mass is 9.86. The second-order valence-corrected chi connectivity index (χ2v) is 6.17. The van der Waals surface area contributed by atoms with Crippen LogP contribution in [0.2, 0.25) is 0 Å². The summed E-state index contributed by atoms with van der Waals surface area (Å²) >= 11 is 1.80. The average Bonchev–Trinajstić information content (AvgIpc) is 2.97. The Morgan fingerprint density at radius 3 is 3.11 bits per heavy atom. The van der Waals surface area contributed by atoms with Crippen LogP contribution in [0.15, 0.2) is 17.6 Å². The first-order valence-electron chi connectivity index (χ1n) is 6.62. The maximum Gasteiger partial charge on any atom is 0.167 e. The van der Waals surface area contributed by atoms with Crippen molar-refractivity contribution >= 4 is 11.8 Å². The number of rotatable bonds is 6. The summed E-state index contributed by atoms with van der Waals surface area (Å²) in [6, 6.07) is 0. The van der Waals surface area contributed by atoms with Gasteiger partial charge in [0.05, 0.1) is 6.61 Å². The van der Waals surface area contributed by atoms with E-state index in [1.54, 1.807) is 11.8 Å². The lowest BCUT2D eigenvalue weighted by molar-refractivity contribution is 0.130. The Balaban J connectivity index is 1.85. The molecule has 2 N–H and O–H groups in total. The van der Waals surface area contributed by atoms with Crippen molar-refractivity contribution in [1.82, 2.24) is 14.9 Å². The molecule has 1 aromatic rings. The summed E-state index contributed by atoms with van der Waals surface area (Å²) in [6.45, 7) is 0.251. The summed E-state index contributed by atoms with van der Waals surface area (Å²) in [6.07, 6.45) is 8.49. The van der Waals surface area contributed by atoms with Gasteiger partial charge in [-0.1, -0.05) is 18.2 Å². The second kappa shape index (κ2) is 6.08. The van der Waals surface area contributed by atoms with Gasteiger partial charge in [-0.25, -0.2) is 4.98 Å². The van der Waals surface area contributed by atoms with Crippen molar-refractivity contribution in [3.05, 3.63) is 12.4 Å². The molecular weight excluding hydrogens is 246 g/mol. The largest absolute Gasteiger partial charge is 0.394 e. The van der Waals surface area contributed by atoms with Crippen molar-refractivity contribution in [1.29, 1.82) is 0 Å². The SMILES string of the molecule is CNC1(CO)CCCC1CCSc1nccn1C. The van der Waals surface area contributed by atoms with Crippen LogP contribution in [0.4, 0.5) is 0 Å². The number of thioether (sulfide) groups is 1. The summed E-state index contributed by atoms with van der Waals surface area (Å²) < 4.78 is 2.05. The van der Waals surface area contributed by atoms with Gasteiger partial charge < -0.3 is 15.0 Å². The number of aromatic nitrogens is 2. The molecule has 2 rings (SSSR count). The van der Waals surface area contributed by atoms with Crippen LogP contribution in [0.5, 0.6) is 0 Å². The molecule has 0 aromatic carbocycles. The number of nitrogens with zero attached hydrogens (tertiary/aromatic N) is 2. The molecule has 0 amide bonds. The number of likely N-dealkylation sites (N-methyl/N-ethyl adjacent to an activating group) is 1. The van der Waals surface area contributed by atoms with Gasteiger partial charge in [0.1, 0.15) is 0 Å². The van der Waals surface area contributed by atoms with Crippen LogP contribution >= 0.6 is 11.8 Å². The smallest absolute Gasteiger partial charge is 0.167 e. The molecule has 1 saturated carbocycles. The molecule has 1 aromatic heterocycles. The zero-order valence-electron chi connectivity index (χ0n) is 11.2. The van der Waals surface area contributed by atoms with Crippen LogP contribution in [0, 0.1) is 5.92 Å². The van der Waals surface area contributed by atoms with Crippen LogP contribution < -0.4 is 5.32 Å². The van der Waals surface area contributed by atoms with Gasteiger partial charge >= 0.3 is 0 Å². The molecule has 2 atom stereocenters. The Bertz CT molecular complexity index is 376. The Hall–Kier alpha value is -0.520. The highest BCUT2D eigenvalue weighted by Gasteiger charge is 2.40. The molecule has 0 aliphatic heterocycles. The van der Waals surface area contributed by atoms with Crippen LogP contribution in [-0.4, -0.2) is 39.6 Å². The fourth-order valence-electron chi connectivity index (χ4n) is 2.96. The number of aliphatic hydroxyl groups excluding tert-OH is 1. The van der Waals surface area contributed by atoms with E-state index in [1.165, 1.54) is 12.8 Å². The molecule has 0 saturated heterocycles. The van der Waals surface area contributed by atoms with Crippen LogP contribution in [0.1, 0.15) is 25.7 Å². The quantitative estimate of drug-likeness (QED) is 0.771. The molecular formula is C13H23N3OS. The number of hydrogen-bond acceptors (Lipinski definition) is 4. The maximum atomic E-state index is 9.63. The van der Waals surface area contributed by atoms with E-state index in [2.05, 4.69) is 14.9 Å². The highest BCUT2D eigenvalue weighted by atomic mass is 32.2. The van der Waals surface area contributed by atoms with Crippen LogP contribution in [0.3, 0.4) is 0 Å². The third-order valence-electron chi connectivity index (χ3n) is 4.21. The van der Waals surface area contributed by atoms with E-state index in [0.29, 0.717) is 5.92 Å². The Labute approximate surface area is 113 Å². The average molecular weight is 269 g/mol. The van der Waals surface area contributed by atoms with Gasteiger partial charge in [0.15, 0.2) is 5.16 Å². The molecule has 1 aliphatic rings. The topological polar surface area (TPSA) is 50.1 Å². The number of imidazole rings is 1. The van der Waals surface area contributed by atoms with E-state index >= 15 is 0 Å². The number of hydrogen-bond donors (Lipinski definition) is 2. The first-order chi connectivity index (χ1) is 8.72. The summed E-state index contributed by atoms with van der Waals surface area (Å²) in [5.74, 6) is 1.65. The van der Waals surface area contributed by atoms with Gasteiger partial charge in [0.25, 0.3) is 0 Å². The molecule has 0 spiro atoms. The van der Waals surface area contributed by atoms with E-state index in [1.807, 2.05) is 26.5 Å². The fraction of sp³-hybridized carbons (Fsp3) is 0.769. The summed E-state index contributed by atoms with van der Waals surface area (Å²) in [5, 5.41) is 14.1. The molecule has 0 radical (unpaired) electrons. The predicted molar refractivity (Wildman–Crippen MR) is 74.8 cm³/mol. The van der Waals surface area contributed by atoms with Gasteiger partial charge in [-0.2, -0.15) is 0 Å². The molecule has 0 bridgehead atoms. The Kier molecular flexibility index (Phi) is 4.70. The molecule has 18 heavy (non-hydrogen) atoms. The number of aliphatic hydroxyl groups is 1. The van der Waals surface area contributed by atoms with E-state index < -0.39 is 0 Å². The Morgan fingerprint density at radius 2 is 2.50 bits per heavy atom. The first-order valence-corrected chi connectivity index (χ1v) is 7.60. The molecule has 1 fully saturated rings. The monoisotopic (exact) mass is 269 g/mol. The standard InChI is InChI=1S/C13H23N3OS/c1-14-13(10-17)6-3-4-11(13)5-9-18-12-15-7-8-16(12)2/h7-8,11,14,17H,3-6,9-10H2,1-2H3. The normalized spacial score (nSPS) is 27.8. The van der Waals surface area contributed by atoms with Gasteiger partial charge in [-0.3, -0.25) is 0 Å². The third-order valence-corrected chi connectivity index (χ3v) is 5.30. The summed E-state index contributed by atoms with van der Waals surface area (Å²) in [4.78, 5) is 4.32.